The van der Waals surface area contributed by atoms with Gasteiger partial charge in [-0.25, -0.2) is 4.39 Å². The van der Waals surface area contributed by atoms with Crippen LogP contribution in [0, 0.1) is 19.7 Å². The predicted molar refractivity (Wildman–Crippen MR) is 144 cm³/mol. The molecule has 0 bridgehead atoms. The molecular formula is C29H32FN5O2. The molecular weight excluding hydrogens is 469 g/mol. The Hall–Kier alpha value is -3.75. The van der Waals surface area contributed by atoms with E-state index in [0.717, 1.165) is 50.5 Å². The number of aryl methyl sites for hydroxylation is 1. The second-order valence-corrected chi connectivity index (χ2v) is 9.73. The van der Waals surface area contributed by atoms with Crippen molar-refractivity contribution in [2.45, 2.75) is 20.4 Å². The van der Waals surface area contributed by atoms with Gasteiger partial charge in [-0.05, 0) is 49.2 Å². The quantitative estimate of drug-likeness (QED) is 0.430. The lowest BCUT2D eigenvalue weighted by atomic mass is 10.0. The van der Waals surface area contributed by atoms with Gasteiger partial charge in [-0.2, -0.15) is 0 Å². The molecule has 2 aliphatic rings. The van der Waals surface area contributed by atoms with Crippen molar-refractivity contribution in [3.8, 4) is 0 Å². The maximum atomic E-state index is 13.8. The first-order valence-corrected chi connectivity index (χ1v) is 12.7. The zero-order valence-corrected chi connectivity index (χ0v) is 21.2. The van der Waals surface area contributed by atoms with Gasteiger partial charge in [0.15, 0.2) is 0 Å². The van der Waals surface area contributed by atoms with Gasteiger partial charge in [0.05, 0.1) is 11.1 Å². The number of carbonyl (C=O) groups is 2. The molecule has 0 spiro atoms. The number of piperazine rings is 1. The fraction of sp³-hybridized carbons (Fsp3) is 0.310. The summed E-state index contributed by atoms with van der Waals surface area (Å²) in [5, 5.41) is 5.81. The number of aromatic amines is 1. The maximum absolute atomic E-state index is 13.8. The molecule has 37 heavy (non-hydrogen) atoms. The number of fused-ring (bicyclic) bond motifs is 1. The van der Waals surface area contributed by atoms with Gasteiger partial charge < -0.3 is 15.6 Å². The van der Waals surface area contributed by atoms with Crippen LogP contribution in [0.2, 0.25) is 0 Å². The average Bonchev–Trinajstić information content (AvgIpc) is 3.35. The van der Waals surface area contributed by atoms with E-state index in [0.29, 0.717) is 34.6 Å². The molecule has 0 atom stereocenters. The number of benzene rings is 2. The van der Waals surface area contributed by atoms with E-state index < -0.39 is 5.82 Å². The van der Waals surface area contributed by atoms with Gasteiger partial charge in [-0.3, -0.25) is 19.4 Å². The molecule has 0 unspecified atom stereocenters. The standard InChI is InChI=1S/C29H32FN5O2/c1-19-26(17-24-23-16-22(30)8-9-25(23)33-28(24)36)32-20(2)27(19)29(37)31-10-11-34-12-14-35(15-13-34)18-21-6-4-3-5-7-21/h3-9,16-17,32H,10-15,18H2,1-2H3,(H,31,37)(H,33,36). The number of anilines is 1. The SMILES string of the molecule is Cc1[nH]c(C=C2C(=O)Nc3ccc(F)cc32)c(C)c1C(=O)NCCN1CCN(Cc2ccccc2)CC1. The number of H-pyrrole nitrogens is 1. The summed E-state index contributed by atoms with van der Waals surface area (Å²) in [4.78, 5) is 33.6. The lowest BCUT2D eigenvalue weighted by Gasteiger charge is -2.34. The molecule has 3 N–H and O–H groups in total. The van der Waals surface area contributed by atoms with Gasteiger partial charge in [-0.15, -0.1) is 0 Å². The van der Waals surface area contributed by atoms with E-state index in [9.17, 15) is 14.0 Å². The highest BCUT2D eigenvalue weighted by Gasteiger charge is 2.26. The monoisotopic (exact) mass is 501 g/mol. The van der Waals surface area contributed by atoms with Crippen LogP contribution in [-0.4, -0.2) is 65.9 Å². The molecule has 1 fully saturated rings. The zero-order valence-electron chi connectivity index (χ0n) is 21.2. The minimum Gasteiger partial charge on any atom is -0.358 e. The number of nitrogens with one attached hydrogen (secondary N) is 3. The van der Waals surface area contributed by atoms with Crippen LogP contribution < -0.4 is 10.6 Å². The number of carbonyl (C=O) groups excluding carboxylic acids is 2. The van der Waals surface area contributed by atoms with E-state index in [-0.39, 0.29) is 11.8 Å². The highest BCUT2D eigenvalue weighted by atomic mass is 19.1. The fourth-order valence-electron chi connectivity index (χ4n) is 5.14. The van der Waals surface area contributed by atoms with Crippen molar-refractivity contribution < 1.29 is 14.0 Å². The number of aromatic nitrogens is 1. The zero-order chi connectivity index (χ0) is 25.9. The van der Waals surface area contributed by atoms with Crippen LogP contribution in [0.15, 0.2) is 48.5 Å². The highest BCUT2D eigenvalue weighted by Crippen LogP contribution is 2.34. The van der Waals surface area contributed by atoms with Crippen LogP contribution in [0.4, 0.5) is 10.1 Å². The van der Waals surface area contributed by atoms with E-state index in [1.165, 1.54) is 17.7 Å². The number of amides is 2. The van der Waals surface area contributed by atoms with Crippen molar-refractivity contribution in [2.24, 2.45) is 0 Å². The van der Waals surface area contributed by atoms with E-state index in [1.54, 1.807) is 12.1 Å². The summed E-state index contributed by atoms with van der Waals surface area (Å²) in [6.07, 6.45) is 1.69. The largest absolute Gasteiger partial charge is 0.358 e. The molecule has 2 amide bonds. The molecule has 0 radical (unpaired) electrons. The summed E-state index contributed by atoms with van der Waals surface area (Å²) in [6, 6.07) is 14.7. The van der Waals surface area contributed by atoms with Crippen molar-refractivity contribution in [1.29, 1.82) is 0 Å². The van der Waals surface area contributed by atoms with Gasteiger partial charge in [0.1, 0.15) is 5.82 Å². The van der Waals surface area contributed by atoms with Crippen molar-refractivity contribution in [3.63, 3.8) is 0 Å². The second-order valence-electron chi connectivity index (χ2n) is 9.73. The number of halogens is 1. The Kier molecular flexibility index (Phi) is 7.21. The van der Waals surface area contributed by atoms with Crippen LogP contribution in [0.1, 0.15) is 38.4 Å². The normalized spacial score (nSPS) is 17.2. The molecule has 3 aromatic rings. The Morgan fingerprint density at radius 2 is 1.78 bits per heavy atom. The Balaban J connectivity index is 1.17. The Bertz CT molecular complexity index is 1340. The van der Waals surface area contributed by atoms with Crippen LogP contribution in [0.5, 0.6) is 0 Å². The summed E-state index contributed by atoms with van der Waals surface area (Å²) < 4.78 is 13.8. The van der Waals surface area contributed by atoms with E-state index in [1.807, 2.05) is 19.9 Å². The Morgan fingerprint density at radius 1 is 1.05 bits per heavy atom. The summed E-state index contributed by atoms with van der Waals surface area (Å²) >= 11 is 0. The Morgan fingerprint density at radius 3 is 2.54 bits per heavy atom. The van der Waals surface area contributed by atoms with Crippen LogP contribution >= 0.6 is 0 Å². The van der Waals surface area contributed by atoms with E-state index in [4.69, 9.17) is 0 Å². The topological polar surface area (TPSA) is 80.5 Å². The molecule has 8 heteroatoms. The summed E-state index contributed by atoms with van der Waals surface area (Å²) in [5.74, 6) is -0.832. The molecule has 2 aromatic carbocycles. The van der Waals surface area contributed by atoms with Crippen LogP contribution in [-0.2, 0) is 11.3 Å². The Labute approximate surface area is 216 Å². The average molecular weight is 502 g/mol. The van der Waals surface area contributed by atoms with Gasteiger partial charge >= 0.3 is 0 Å². The van der Waals surface area contributed by atoms with Crippen molar-refractivity contribution in [3.05, 3.63) is 88.0 Å². The first-order chi connectivity index (χ1) is 17.9. The molecule has 5 rings (SSSR count). The molecule has 2 aliphatic heterocycles. The smallest absolute Gasteiger partial charge is 0.256 e. The molecule has 0 saturated carbocycles. The molecule has 0 aliphatic carbocycles. The molecule has 1 aromatic heterocycles. The maximum Gasteiger partial charge on any atom is 0.256 e. The molecule has 192 valence electrons. The van der Waals surface area contributed by atoms with Crippen LogP contribution in [0.3, 0.4) is 0 Å². The van der Waals surface area contributed by atoms with Crippen molar-refractivity contribution in [2.75, 3.05) is 44.6 Å². The van der Waals surface area contributed by atoms with E-state index in [2.05, 4.69) is 49.7 Å². The molecule has 7 nitrogen and oxygen atoms in total. The van der Waals surface area contributed by atoms with Crippen LogP contribution in [0.25, 0.3) is 11.6 Å². The number of nitrogens with zero attached hydrogens (tertiary/aromatic N) is 2. The molecule has 1 saturated heterocycles. The lowest BCUT2D eigenvalue weighted by molar-refractivity contribution is -0.110. The first-order valence-electron chi connectivity index (χ1n) is 12.7. The summed E-state index contributed by atoms with van der Waals surface area (Å²) in [5.41, 5.74) is 5.54. The van der Waals surface area contributed by atoms with Crippen molar-refractivity contribution in [1.82, 2.24) is 20.1 Å². The van der Waals surface area contributed by atoms with Gasteiger partial charge in [0.25, 0.3) is 11.8 Å². The summed E-state index contributed by atoms with van der Waals surface area (Å²) in [7, 11) is 0. The fourth-order valence-corrected chi connectivity index (χ4v) is 5.14. The second kappa shape index (κ2) is 10.7. The van der Waals surface area contributed by atoms with Gasteiger partial charge in [0, 0.05) is 68.5 Å². The number of hydrogen-bond acceptors (Lipinski definition) is 4. The number of hydrogen-bond donors (Lipinski definition) is 3. The minimum atomic E-state index is -0.404. The third-order valence-corrected chi connectivity index (χ3v) is 7.18. The predicted octanol–water partition coefficient (Wildman–Crippen LogP) is 3.81. The molecule has 3 heterocycles. The summed E-state index contributed by atoms with van der Waals surface area (Å²) in [6.45, 7) is 10.0. The minimum absolute atomic E-state index is 0.138. The highest BCUT2D eigenvalue weighted by molar-refractivity contribution is 6.34. The first kappa shape index (κ1) is 24.9. The van der Waals surface area contributed by atoms with E-state index >= 15 is 0 Å². The van der Waals surface area contributed by atoms with Crippen molar-refractivity contribution >= 4 is 29.2 Å². The van der Waals surface area contributed by atoms with Gasteiger partial charge in [0.2, 0.25) is 0 Å². The number of rotatable bonds is 7. The third-order valence-electron chi connectivity index (χ3n) is 7.18. The lowest BCUT2D eigenvalue weighted by Crippen LogP contribution is -2.48. The van der Waals surface area contributed by atoms with Gasteiger partial charge in [-0.1, -0.05) is 30.3 Å². The third kappa shape index (κ3) is 5.50.